The van der Waals surface area contributed by atoms with Gasteiger partial charge in [-0.15, -0.1) is 0 Å². The first-order valence-corrected chi connectivity index (χ1v) is 7.12. The van der Waals surface area contributed by atoms with Crippen molar-refractivity contribution in [1.29, 1.82) is 0 Å². The van der Waals surface area contributed by atoms with Crippen LogP contribution in [0.4, 0.5) is 0 Å². The van der Waals surface area contributed by atoms with E-state index in [-0.39, 0.29) is 11.9 Å². The Labute approximate surface area is 124 Å². The number of carbonyl (C=O) groups excluding carboxylic acids is 1. The normalized spacial score (nSPS) is 12.5. The number of amides is 1. The van der Waals surface area contributed by atoms with Crippen molar-refractivity contribution in [2.45, 2.75) is 32.7 Å². The molecule has 0 saturated heterocycles. The lowest BCUT2D eigenvalue weighted by molar-refractivity contribution is -0.121. The zero-order valence-corrected chi connectivity index (χ0v) is 12.8. The van der Waals surface area contributed by atoms with E-state index in [0.717, 1.165) is 5.56 Å². The number of benzene rings is 1. The lowest BCUT2D eigenvalue weighted by Gasteiger charge is -2.15. The third-order valence-corrected chi connectivity index (χ3v) is 3.60. The predicted molar refractivity (Wildman–Crippen MR) is 80.6 cm³/mol. The molecular formula is C14H20Cl2N2O. The summed E-state index contributed by atoms with van der Waals surface area (Å²) in [5.41, 5.74) is 6.82. The van der Waals surface area contributed by atoms with Gasteiger partial charge in [0, 0.05) is 29.1 Å². The standard InChI is InChI=1S/C14H20Cl2N2O/c1-9(2)13(17)8-14(19)18-6-5-10-3-4-11(15)7-12(10)16/h3-4,7,9,13H,5-6,8,17H2,1-2H3,(H,18,19). The average Bonchev–Trinajstić information content (AvgIpc) is 2.31. The van der Waals surface area contributed by atoms with Crippen molar-refractivity contribution >= 4 is 29.1 Å². The topological polar surface area (TPSA) is 55.1 Å². The highest BCUT2D eigenvalue weighted by atomic mass is 35.5. The smallest absolute Gasteiger partial charge is 0.221 e. The largest absolute Gasteiger partial charge is 0.356 e. The second-order valence-corrected chi connectivity index (χ2v) is 5.79. The van der Waals surface area contributed by atoms with Crippen molar-refractivity contribution in [2.24, 2.45) is 11.7 Å². The van der Waals surface area contributed by atoms with Crippen LogP contribution in [-0.2, 0) is 11.2 Å². The molecule has 106 valence electrons. The quantitative estimate of drug-likeness (QED) is 0.848. The molecular weight excluding hydrogens is 283 g/mol. The molecule has 0 radical (unpaired) electrons. The molecule has 1 atom stereocenters. The van der Waals surface area contributed by atoms with Gasteiger partial charge in [0.15, 0.2) is 0 Å². The van der Waals surface area contributed by atoms with Gasteiger partial charge in [0.1, 0.15) is 0 Å². The number of nitrogens with two attached hydrogens (primary N) is 1. The Kier molecular flexibility index (Phi) is 6.63. The molecule has 1 rings (SSSR count). The molecule has 0 spiro atoms. The third kappa shape index (κ3) is 5.81. The van der Waals surface area contributed by atoms with Gasteiger partial charge in [-0.3, -0.25) is 4.79 Å². The molecule has 1 unspecified atom stereocenters. The minimum absolute atomic E-state index is 0.0220. The molecule has 0 fully saturated rings. The fourth-order valence-corrected chi connectivity index (χ4v) is 2.09. The van der Waals surface area contributed by atoms with Crippen LogP contribution in [0.2, 0.25) is 10.0 Å². The summed E-state index contributed by atoms with van der Waals surface area (Å²) in [7, 11) is 0. The van der Waals surface area contributed by atoms with Gasteiger partial charge in [-0.1, -0.05) is 43.1 Å². The van der Waals surface area contributed by atoms with Crippen LogP contribution in [0.3, 0.4) is 0 Å². The van der Waals surface area contributed by atoms with Gasteiger partial charge >= 0.3 is 0 Å². The average molecular weight is 303 g/mol. The van der Waals surface area contributed by atoms with Crippen LogP contribution in [-0.4, -0.2) is 18.5 Å². The summed E-state index contributed by atoms with van der Waals surface area (Å²) in [6, 6.07) is 5.27. The first-order valence-electron chi connectivity index (χ1n) is 6.36. The highest BCUT2D eigenvalue weighted by Crippen LogP contribution is 2.21. The van der Waals surface area contributed by atoms with Crippen molar-refractivity contribution in [2.75, 3.05) is 6.54 Å². The van der Waals surface area contributed by atoms with E-state index >= 15 is 0 Å². The maximum Gasteiger partial charge on any atom is 0.221 e. The van der Waals surface area contributed by atoms with Gasteiger partial charge in [-0.25, -0.2) is 0 Å². The van der Waals surface area contributed by atoms with Gasteiger partial charge in [-0.2, -0.15) is 0 Å². The highest BCUT2D eigenvalue weighted by Gasteiger charge is 2.12. The fraction of sp³-hybridized carbons (Fsp3) is 0.500. The molecule has 3 nitrogen and oxygen atoms in total. The van der Waals surface area contributed by atoms with Crippen LogP contribution in [0.5, 0.6) is 0 Å². The molecule has 0 aliphatic heterocycles. The summed E-state index contributed by atoms with van der Waals surface area (Å²) in [6.45, 7) is 4.56. The molecule has 0 saturated carbocycles. The van der Waals surface area contributed by atoms with E-state index in [4.69, 9.17) is 28.9 Å². The molecule has 0 aliphatic rings. The van der Waals surface area contributed by atoms with Crippen molar-refractivity contribution in [3.63, 3.8) is 0 Å². The zero-order chi connectivity index (χ0) is 14.4. The summed E-state index contributed by atoms with van der Waals surface area (Å²) < 4.78 is 0. The number of hydrogen-bond donors (Lipinski definition) is 2. The second kappa shape index (κ2) is 7.73. The van der Waals surface area contributed by atoms with Gasteiger partial charge in [-0.05, 0) is 30.0 Å². The molecule has 0 bridgehead atoms. The van der Waals surface area contributed by atoms with Gasteiger partial charge in [0.25, 0.3) is 0 Å². The Morgan fingerprint density at radius 1 is 1.37 bits per heavy atom. The van der Waals surface area contributed by atoms with Crippen LogP contribution in [0.1, 0.15) is 25.8 Å². The lowest BCUT2D eigenvalue weighted by Crippen LogP contribution is -2.35. The van der Waals surface area contributed by atoms with Crippen molar-refractivity contribution < 1.29 is 4.79 Å². The number of halogens is 2. The number of hydrogen-bond acceptors (Lipinski definition) is 2. The molecule has 1 aromatic rings. The number of carbonyl (C=O) groups is 1. The first kappa shape index (κ1) is 16.3. The van der Waals surface area contributed by atoms with Crippen LogP contribution in [0.15, 0.2) is 18.2 Å². The van der Waals surface area contributed by atoms with Crippen LogP contribution < -0.4 is 11.1 Å². The molecule has 0 heterocycles. The van der Waals surface area contributed by atoms with Crippen LogP contribution >= 0.6 is 23.2 Å². The van der Waals surface area contributed by atoms with E-state index in [1.807, 2.05) is 19.9 Å². The van der Waals surface area contributed by atoms with E-state index in [9.17, 15) is 4.79 Å². The van der Waals surface area contributed by atoms with Gasteiger partial charge < -0.3 is 11.1 Å². The van der Waals surface area contributed by atoms with E-state index in [1.165, 1.54) is 0 Å². The Morgan fingerprint density at radius 2 is 2.05 bits per heavy atom. The van der Waals surface area contributed by atoms with Crippen molar-refractivity contribution in [3.8, 4) is 0 Å². The third-order valence-electron chi connectivity index (χ3n) is 3.01. The molecule has 0 aliphatic carbocycles. The lowest BCUT2D eigenvalue weighted by atomic mass is 10.0. The maximum atomic E-state index is 11.6. The van der Waals surface area contributed by atoms with Crippen LogP contribution in [0.25, 0.3) is 0 Å². The summed E-state index contributed by atoms with van der Waals surface area (Å²) in [5, 5.41) is 4.09. The SMILES string of the molecule is CC(C)C(N)CC(=O)NCCc1ccc(Cl)cc1Cl. The maximum absolute atomic E-state index is 11.6. The van der Waals surface area contributed by atoms with E-state index < -0.39 is 0 Å². The zero-order valence-electron chi connectivity index (χ0n) is 11.2. The molecule has 3 N–H and O–H groups in total. The summed E-state index contributed by atoms with van der Waals surface area (Å²) in [4.78, 5) is 11.6. The molecule has 1 amide bonds. The van der Waals surface area contributed by atoms with Crippen molar-refractivity contribution in [3.05, 3.63) is 33.8 Å². The monoisotopic (exact) mass is 302 g/mol. The van der Waals surface area contributed by atoms with E-state index in [2.05, 4.69) is 5.32 Å². The molecule has 5 heteroatoms. The van der Waals surface area contributed by atoms with Gasteiger partial charge in [0.05, 0.1) is 0 Å². The predicted octanol–water partition coefficient (Wildman–Crippen LogP) is 3.03. The number of nitrogens with one attached hydrogen (secondary N) is 1. The molecule has 0 aromatic heterocycles. The summed E-state index contributed by atoms with van der Waals surface area (Å²) in [6.07, 6.45) is 1.03. The van der Waals surface area contributed by atoms with E-state index in [1.54, 1.807) is 12.1 Å². The minimum atomic E-state index is -0.0980. The summed E-state index contributed by atoms with van der Waals surface area (Å²) >= 11 is 11.9. The Balaban J connectivity index is 2.36. The Morgan fingerprint density at radius 3 is 2.63 bits per heavy atom. The Hall–Kier alpha value is -0.770. The Bertz CT molecular complexity index is 435. The fourth-order valence-electron chi connectivity index (χ4n) is 1.58. The van der Waals surface area contributed by atoms with Crippen LogP contribution in [0, 0.1) is 5.92 Å². The second-order valence-electron chi connectivity index (χ2n) is 4.95. The molecule has 19 heavy (non-hydrogen) atoms. The highest BCUT2D eigenvalue weighted by molar-refractivity contribution is 6.35. The number of rotatable bonds is 6. The van der Waals surface area contributed by atoms with E-state index in [0.29, 0.717) is 35.3 Å². The van der Waals surface area contributed by atoms with Crippen molar-refractivity contribution in [1.82, 2.24) is 5.32 Å². The molecule has 1 aromatic carbocycles. The first-order chi connectivity index (χ1) is 8.90. The van der Waals surface area contributed by atoms with Gasteiger partial charge in [0.2, 0.25) is 5.91 Å². The summed E-state index contributed by atoms with van der Waals surface area (Å²) in [5.74, 6) is 0.280. The minimum Gasteiger partial charge on any atom is -0.356 e.